The van der Waals surface area contributed by atoms with Crippen molar-refractivity contribution in [1.82, 2.24) is 4.90 Å². The van der Waals surface area contributed by atoms with Crippen molar-refractivity contribution in [1.29, 1.82) is 0 Å². The maximum atomic E-state index is 13.7. The van der Waals surface area contributed by atoms with Gasteiger partial charge in [-0.1, -0.05) is 24.3 Å². The minimum atomic E-state index is -0.863. The number of thiophene rings is 1. The van der Waals surface area contributed by atoms with Crippen LogP contribution in [0.25, 0.3) is 10.1 Å². The summed E-state index contributed by atoms with van der Waals surface area (Å²) in [5, 5.41) is 3.21. The van der Waals surface area contributed by atoms with E-state index >= 15 is 0 Å². The number of likely N-dealkylation sites (N-methyl/N-ethyl adjacent to an activating group) is 1. The first-order valence-electron chi connectivity index (χ1n) is 8.43. The number of nitrogens with one attached hydrogen (secondary N) is 1. The Morgan fingerprint density at radius 3 is 2.37 bits per heavy atom. The number of hydrogen-bond acceptors (Lipinski definition) is 3. The summed E-state index contributed by atoms with van der Waals surface area (Å²) < 4.78 is 28.4. The zero-order chi connectivity index (χ0) is 19.6. The summed E-state index contributed by atoms with van der Waals surface area (Å²) in [5.74, 6) is -2.66. The predicted molar refractivity (Wildman–Crippen MR) is 103 cm³/mol. The molecule has 2 aromatic carbocycles. The smallest absolute Gasteiger partial charge is 0.264 e. The molecule has 0 fully saturated rings. The highest BCUT2D eigenvalue weighted by atomic mass is 32.1. The fourth-order valence-corrected chi connectivity index (χ4v) is 4.00. The molecular formula is C20H18F2N2O2S. The van der Waals surface area contributed by atoms with E-state index in [4.69, 9.17) is 0 Å². The van der Waals surface area contributed by atoms with Crippen LogP contribution in [-0.4, -0.2) is 29.8 Å². The Bertz CT molecular complexity index is 996. The molecule has 0 unspecified atom stereocenters. The van der Waals surface area contributed by atoms with Gasteiger partial charge in [-0.3, -0.25) is 9.59 Å². The number of halogens is 2. The van der Waals surface area contributed by atoms with Gasteiger partial charge in [-0.2, -0.15) is 0 Å². The van der Waals surface area contributed by atoms with Crippen molar-refractivity contribution in [2.24, 2.45) is 0 Å². The lowest BCUT2D eigenvalue weighted by atomic mass is 10.1. The number of amides is 2. The van der Waals surface area contributed by atoms with E-state index in [-0.39, 0.29) is 12.5 Å². The van der Waals surface area contributed by atoms with Crippen molar-refractivity contribution < 1.29 is 18.4 Å². The molecule has 140 valence electrons. The summed E-state index contributed by atoms with van der Waals surface area (Å²) in [6.45, 7) is 3.61. The lowest BCUT2D eigenvalue weighted by Crippen LogP contribution is -2.38. The molecule has 0 aliphatic carbocycles. The molecule has 1 N–H and O–H groups in total. The van der Waals surface area contributed by atoms with Crippen molar-refractivity contribution in [3.05, 3.63) is 64.5 Å². The summed E-state index contributed by atoms with van der Waals surface area (Å²) in [6.07, 6.45) is 0. The van der Waals surface area contributed by atoms with Gasteiger partial charge in [0.2, 0.25) is 5.91 Å². The number of para-hydroxylation sites is 1. The SMILES string of the molecule is CCN(CC(=O)Nc1c(F)cccc1F)C(=O)c1sc2ccccc2c1C. The molecule has 0 spiro atoms. The minimum Gasteiger partial charge on any atom is -0.329 e. The van der Waals surface area contributed by atoms with Gasteiger partial charge < -0.3 is 10.2 Å². The summed E-state index contributed by atoms with van der Waals surface area (Å²) in [4.78, 5) is 27.1. The maximum Gasteiger partial charge on any atom is 0.264 e. The third-order valence-electron chi connectivity index (χ3n) is 4.27. The fourth-order valence-electron chi connectivity index (χ4n) is 2.82. The molecule has 0 bridgehead atoms. The summed E-state index contributed by atoms with van der Waals surface area (Å²) >= 11 is 1.37. The third-order valence-corrected chi connectivity index (χ3v) is 5.53. The maximum absolute atomic E-state index is 13.7. The quantitative estimate of drug-likeness (QED) is 0.695. The molecular weight excluding hydrogens is 370 g/mol. The second-order valence-electron chi connectivity index (χ2n) is 6.02. The molecule has 3 rings (SSSR count). The monoisotopic (exact) mass is 388 g/mol. The van der Waals surface area contributed by atoms with Gasteiger partial charge in [-0.15, -0.1) is 11.3 Å². The zero-order valence-corrected chi connectivity index (χ0v) is 15.7. The first-order valence-corrected chi connectivity index (χ1v) is 9.25. The Hall–Kier alpha value is -2.80. The first kappa shape index (κ1) is 19.0. The largest absolute Gasteiger partial charge is 0.329 e. The van der Waals surface area contributed by atoms with Crippen LogP contribution in [0.15, 0.2) is 42.5 Å². The number of anilines is 1. The third kappa shape index (κ3) is 3.83. The van der Waals surface area contributed by atoms with Gasteiger partial charge in [0, 0.05) is 11.2 Å². The summed E-state index contributed by atoms with van der Waals surface area (Å²) in [5.41, 5.74) is 0.351. The van der Waals surface area contributed by atoms with Gasteiger partial charge in [-0.25, -0.2) is 8.78 Å². The van der Waals surface area contributed by atoms with E-state index in [1.807, 2.05) is 31.2 Å². The molecule has 0 saturated carbocycles. The van der Waals surface area contributed by atoms with Gasteiger partial charge in [0.25, 0.3) is 5.91 Å². The molecule has 0 atom stereocenters. The van der Waals surface area contributed by atoms with Crippen LogP contribution >= 0.6 is 11.3 Å². The second kappa shape index (κ2) is 7.84. The van der Waals surface area contributed by atoms with E-state index < -0.39 is 23.2 Å². The standard InChI is InChI=1S/C20H18F2N2O2S/c1-3-24(11-17(25)23-18-14(21)8-6-9-15(18)22)20(26)19-12(2)13-7-4-5-10-16(13)27-19/h4-10H,3,11H2,1-2H3,(H,23,25). The summed E-state index contributed by atoms with van der Waals surface area (Å²) in [6, 6.07) is 11.0. The number of aryl methyl sites for hydroxylation is 1. The zero-order valence-electron chi connectivity index (χ0n) is 14.9. The number of carbonyl (C=O) groups excluding carboxylic acids is 2. The van der Waals surface area contributed by atoms with Crippen LogP contribution in [0, 0.1) is 18.6 Å². The highest BCUT2D eigenvalue weighted by Crippen LogP contribution is 2.31. The number of hydrogen-bond donors (Lipinski definition) is 1. The van der Waals surface area contributed by atoms with Crippen LogP contribution < -0.4 is 5.32 Å². The Morgan fingerprint density at radius 2 is 1.74 bits per heavy atom. The van der Waals surface area contributed by atoms with Gasteiger partial charge in [-0.05, 0) is 43.0 Å². The molecule has 3 aromatic rings. The van der Waals surface area contributed by atoms with E-state index in [0.717, 1.165) is 27.8 Å². The minimum absolute atomic E-state index is 0.277. The number of fused-ring (bicyclic) bond motifs is 1. The number of rotatable bonds is 5. The van der Waals surface area contributed by atoms with E-state index in [1.54, 1.807) is 6.92 Å². The van der Waals surface area contributed by atoms with E-state index in [1.165, 1.54) is 22.3 Å². The first-order chi connectivity index (χ1) is 12.9. The molecule has 27 heavy (non-hydrogen) atoms. The lowest BCUT2D eigenvalue weighted by Gasteiger charge is -2.20. The lowest BCUT2D eigenvalue weighted by molar-refractivity contribution is -0.116. The van der Waals surface area contributed by atoms with Crippen LogP contribution in [0.2, 0.25) is 0 Å². The molecule has 4 nitrogen and oxygen atoms in total. The van der Waals surface area contributed by atoms with E-state index in [2.05, 4.69) is 5.32 Å². The van der Waals surface area contributed by atoms with Gasteiger partial charge in [0.1, 0.15) is 23.9 Å². The average Bonchev–Trinajstić information content (AvgIpc) is 2.99. The van der Waals surface area contributed by atoms with Gasteiger partial charge >= 0.3 is 0 Å². The topological polar surface area (TPSA) is 49.4 Å². The van der Waals surface area contributed by atoms with E-state index in [9.17, 15) is 18.4 Å². The molecule has 0 saturated heterocycles. The van der Waals surface area contributed by atoms with Crippen molar-refractivity contribution in [3.63, 3.8) is 0 Å². The van der Waals surface area contributed by atoms with Crippen molar-refractivity contribution >= 4 is 38.9 Å². The normalized spacial score (nSPS) is 10.8. The molecule has 0 aliphatic rings. The number of nitrogens with zero attached hydrogens (tertiary/aromatic N) is 1. The highest BCUT2D eigenvalue weighted by molar-refractivity contribution is 7.21. The fraction of sp³-hybridized carbons (Fsp3) is 0.200. The molecule has 1 aromatic heterocycles. The Morgan fingerprint density at radius 1 is 1.07 bits per heavy atom. The van der Waals surface area contributed by atoms with Crippen molar-refractivity contribution in [3.8, 4) is 0 Å². The average molecular weight is 388 g/mol. The van der Waals surface area contributed by atoms with Crippen LogP contribution in [0.5, 0.6) is 0 Å². The Kier molecular flexibility index (Phi) is 5.51. The number of benzene rings is 2. The number of carbonyl (C=O) groups is 2. The predicted octanol–water partition coefficient (Wildman–Crippen LogP) is 4.59. The van der Waals surface area contributed by atoms with E-state index in [0.29, 0.717) is 11.4 Å². The Labute approximate surface area is 159 Å². The van der Waals surface area contributed by atoms with Crippen LogP contribution in [-0.2, 0) is 4.79 Å². The second-order valence-corrected chi connectivity index (χ2v) is 7.07. The molecule has 2 amide bonds. The molecule has 7 heteroatoms. The van der Waals surface area contributed by atoms with Crippen LogP contribution in [0.4, 0.5) is 14.5 Å². The molecule has 0 radical (unpaired) electrons. The summed E-state index contributed by atoms with van der Waals surface area (Å²) in [7, 11) is 0. The van der Waals surface area contributed by atoms with Crippen molar-refractivity contribution in [2.45, 2.75) is 13.8 Å². The van der Waals surface area contributed by atoms with Crippen LogP contribution in [0.3, 0.4) is 0 Å². The highest BCUT2D eigenvalue weighted by Gasteiger charge is 2.23. The van der Waals surface area contributed by atoms with Gasteiger partial charge in [0.15, 0.2) is 0 Å². The molecule has 0 aliphatic heterocycles. The molecule has 1 heterocycles. The van der Waals surface area contributed by atoms with Crippen LogP contribution in [0.1, 0.15) is 22.2 Å². The Balaban J connectivity index is 1.79. The van der Waals surface area contributed by atoms with Gasteiger partial charge in [0.05, 0.1) is 4.88 Å². The van der Waals surface area contributed by atoms with Crippen molar-refractivity contribution in [2.75, 3.05) is 18.4 Å².